The number of aryl methyl sites for hydroxylation is 1. The van der Waals surface area contributed by atoms with Gasteiger partial charge in [0.25, 0.3) is 0 Å². The summed E-state index contributed by atoms with van der Waals surface area (Å²) in [6.07, 6.45) is 24.5. The molecule has 0 fully saturated rings. The molecule has 3 aliphatic rings. The summed E-state index contributed by atoms with van der Waals surface area (Å²) in [5.41, 5.74) is 18.6. The molecule has 9 aromatic rings. The Morgan fingerprint density at radius 3 is 1.65 bits per heavy atom. The predicted octanol–water partition coefficient (Wildman–Crippen LogP) is 20.2. The summed E-state index contributed by atoms with van der Waals surface area (Å²) in [6.45, 7) is 32.3. The molecule has 3 aliphatic heterocycles. The first kappa shape index (κ1) is 58.2. The van der Waals surface area contributed by atoms with E-state index in [1.54, 1.807) is 0 Å². The molecule has 91 heavy (non-hydrogen) atoms. The number of ether oxygens (including phenoxy) is 1. The lowest BCUT2D eigenvalue weighted by Crippen LogP contribution is -2.27. The minimum Gasteiger partial charge on any atom is -0.457 e. The van der Waals surface area contributed by atoms with Crippen molar-refractivity contribution in [3.63, 3.8) is 0 Å². The van der Waals surface area contributed by atoms with E-state index >= 15 is 0 Å². The highest BCUT2D eigenvalue weighted by Gasteiger charge is 2.36. The SMILES string of the molecule is [2H]C([2H])([2H])n1c(-n2c3ccc(C(C)(C)C)cc3c3ccc(Oc4cc(-c5c(C(C)(C)C)cc(C(C)(C)C)cc5C(C)(C)C)cc(N5CN(c6c(/C7=C/C=C\N/C=C\C=C/[B]7)cc(C(C)(C)C)cc6/C6=C/C=C\N/C=C\C=C/[B]6)c6ccccc65)c4)cc32)nc2ccccc21. The number of hydrogen-bond donors (Lipinski definition) is 2. The van der Waals surface area contributed by atoms with Crippen LogP contribution in [0.5, 0.6) is 11.5 Å². The molecule has 0 saturated carbocycles. The summed E-state index contributed by atoms with van der Waals surface area (Å²) in [7, 11) is 4.44. The number of benzene rings is 7. The molecular weight excluding hydrogens is 1110 g/mol. The quantitative estimate of drug-likeness (QED) is 0.148. The van der Waals surface area contributed by atoms with Crippen LogP contribution in [0.25, 0.3) is 60.9 Å². The van der Waals surface area contributed by atoms with Crippen LogP contribution in [0.4, 0.5) is 22.7 Å². The van der Waals surface area contributed by atoms with E-state index in [1.165, 1.54) is 37.9 Å². The Morgan fingerprint density at radius 1 is 0.484 bits per heavy atom. The summed E-state index contributed by atoms with van der Waals surface area (Å²) in [5.74, 6) is 5.78. The summed E-state index contributed by atoms with van der Waals surface area (Å²) in [6, 6.07) is 45.5. The van der Waals surface area contributed by atoms with Crippen molar-refractivity contribution in [1.82, 2.24) is 24.8 Å². The molecular formula is C81H87B2N7O. The summed E-state index contributed by atoms with van der Waals surface area (Å²) < 4.78 is 37.8. The number of imidazole rings is 1. The van der Waals surface area contributed by atoms with Crippen LogP contribution in [0.3, 0.4) is 0 Å². The molecule has 2 N–H and O–H groups in total. The van der Waals surface area contributed by atoms with Gasteiger partial charge in [0.1, 0.15) is 18.2 Å². The fourth-order valence-electron chi connectivity index (χ4n) is 12.6. The van der Waals surface area contributed by atoms with Crippen molar-refractivity contribution in [3.8, 4) is 28.6 Å². The molecule has 2 aromatic heterocycles. The topological polar surface area (TPSA) is 62.5 Å². The van der Waals surface area contributed by atoms with Crippen LogP contribution in [0.2, 0.25) is 0 Å². The van der Waals surface area contributed by atoms with Gasteiger partial charge in [0, 0.05) is 64.5 Å². The van der Waals surface area contributed by atoms with E-state index in [0.29, 0.717) is 35.1 Å². The lowest BCUT2D eigenvalue weighted by atomic mass is 9.62. The third-order valence-electron chi connectivity index (χ3n) is 17.6. The molecule has 10 heteroatoms. The monoisotopic (exact) mass is 1200 g/mol. The number of para-hydroxylation sites is 4. The molecule has 12 rings (SSSR count). The number of aromatic nitrogens is 3. The molecule has 0 bridgehead atoms. The van der Waals surface area contributed by atoms with Gasteiger partial charge in [0.05, 0.1) is 39.1 Å². The fourth-order valence-corrected chi connectivity index (χ4v) is 12.6. The van der Waals surface area contributed by atoms with Gasteiger partial charge in [-0.05, 0) is 174 Å². The second kappa shape index (κ2) is 23.9. The lowest BCUT2D eigenvalue weighted by Gasteiger charge is -2.34. The highest BCUT2D eigenvalue weighted by atomic mass is 16.5. The number of rotatable bonds is 8. The van der Waals surface area contributed by atoms with Gasteiger partial charge >= 0.3 is 0 Å². The fraction of sp³-hybridized carbons (Fsp3) is 0.272. The molecule has 0 aliphatic carbocycles. The van der Waals surface area contributed by atoms with E-state index in [1.807, 2.05) is 65.8 Å². The number of nitrogens with zero attached hydrogens (tertiary/aromatic N) is 5. The molecule has 8 nitrogen and oxygen atoms in total. The number of hydrogen-bond acceptors (Lipinski definition) is 6. The summed E-state index contributed by atoms with van der Waals surface area (Å²) in [5, 5.41) is 8.56. The summed E-state index contributed by atoms with van der Waals surface area (Å²) >= 11 is 0. The standard InChI is InChI=1S/C81H87B2N7O/c1-77(2,3)54-33-36-69-61(45-54)60-35-34-58(51-73(60)90(69)76-86-68-29-17-18-30-70(68)87(76)16)91-59-44-53(74-64(80(10,11)12)48-56(79(7,8)9)49-65(74)81(13,14)15)43-57(50-59)88-52-89(72-32-20-19-31-71(72)88)75-62(66-27-25-41-84-39-23-21-37-82-66)46-55(78(4,5)6)47-63(75)67-28-26-42-85-40-24-22-38-83-67/h17-51,84-85H,52H2,1-16H3/b37-21-,38-22-,39-23-,40-24-,41-25-,42-26-,66-27-,67-28-/i16D3. The Labute approximate surface area is 546 Å². The van der Waals surface area contributed by atoms with E-state index in [0.717, 1.165) is 72.2 Å². The zero-order valence-electron chi connectivity index (χ0n) is 58.7. The maximum atomic E-state index is 8.97. The van der Waals surface area contributed by atoms with Gasteiger partial charge in [-0.25, -0.2) is 4.98 Å². The average Bonchev–Trinajstić information content (AvgIpc) is 1.50. The van der Waals surface area contributed by atoms with Crippen LogP contribution in [-0.4, -0.2) is 35.3 Å². The lowest BCUT2D eigenvalue weighted by molar-refractivity contribution is 0.483. The molecule has 0 spiro atoms. The van der Waals surface area contributed by atoms with Crippen molar-refractivity contribution in [2.75, 3.05) is 16.5 Å². The first-order valence-electron chi connectivity index (χ1n) is 33.5. The molecule has 5 heterocycles. The third kappa shape index (κ3) is 12.5. The van der Waals surface area contributed by atoms with E-state index in [-0.39, 0.29) is 27.1 Å². The highest BCUT2D eigenvalue weighted by Crippen LogP contribution is 2.52. The number of anilines is 4. The third-order valence-corrected chi connectivity index (χ3v) is 17.6. The first-order valence-corrected chi connectivity index (χ1v) is 32.0. The van der Waals surface area contributed by atoms with Gasteiger partial charge in [-0.15, -0.1) is 12.0 Å². The van der Waals surface area contributed by atoms with Gasteiger partial charge in [0.15, 0.2) is 14.6 Å². The molecule has 2 radical (unpaired) electrons. The second-order valence-electron chi connectivity index (χ2n) is 29.5. The van der Waals surface area contributed by atoms with Crippen LogP contribution in [0.1, 0.15) is 147 Å². The average molecular weight is 1200 g/mol. The van der Waals surface area contributed by atoms with Gasteiger partial charge in [-0.3, -0.25) is 4.57 Å². The molecule has 0 atom stereocenters. The van der Waals surface area contributed by atoms with Crippen LogP contribution >= 0.6 is 0 Å². The maximum Gasteiger partial charge on any atom is 0.215 e. The van der Waals surface area contributed by atoms with Crippen LogP contribution < -0.4 is 25.2 Å². The number of nitrogens with one attached hydrogen (secondary N) is 2. The molecule has 7 aromatic carbocycles. The van der Waals surface area contributed by atoms with Gasteiger partial charge in [-0.2, -0.15) is 0 Å². The Morgan fingerprint density at radius 2 is 1.05 bits per heavy atom. The van der Waals surface area contributed by atoms with E-state index in [2.05, 4.69) is 290 Å². The maximum absolute atomic E-state index is 8.97. The second-order valence-corrected chi connectivity index (χ2v) is 29.5. The summed E-state index contributed by atoms with van der Waals surface area (Å²) in [4.78, 5) is 10.1. The molecule has 0 unspecified atom stereocenters. The smallest absolute Gasteiger partial charge is 0.215 e. The van der Waals surface area contributed by atoms with E-state index < -0.39 is 6.98 Å². The molecule has 0 saturated heterocycles. The Bertz CT molecular complexity index is 4590. The van der Waals surface area contributed by atoms with E-state index in [4.69, 9.17) is 13.8 Å². The van der Waals surface area contributed by atoms with Gasteiger partial charge in [-0.1, -0.05) is 182 Å². The number of allylic oxidation sites excluding steroid dienone is 8. The zero-order chi connectivity index (χ0) is 66.9. The van der Waals surface area contributed by atoms with Crippen molar-refractivity contribution in [1.29, 1.82) is 0 Å². The number of fused-ring (bicyclic) bond motifs is 5. The van der Waals surface area contributed by atoms with Crippen molar-refractivity contribution in [2.24, 2.45) is 6.98 Å². The van der Waals surface area contributed by atoms with Gasteiger partial charge < -0.3 is 29.7 Å². The molecule has 458 valence electrons. The Kier molecular flexibility index (Phi) is 15.3. The van der Waals surface area contributed by atoms with Crippen molar-refractivity contribution in [2.45, 2.75) is 131 Å². The van der Waals surface area contributed by atoms with Crippen molar-refractivity contribution < 1.29 is 8.85 Å². The minimum atomic E-state index is -2.54. The highest BCUT2D eigenvalue weighted by molar-refractivity contribution is 6.67. The van der Waals surface area contributed by atoms with Crippen LogP contribution in [0, 0.1) is 0 Å². The largest absolute Gasteiger partial charge is 0.457 e. The zero-order valence-corrected chi connectivity index (χ0v) is 55.7. The first-order chi connectivity index (χ1) is 44.4. The van der Waals surface area contributed by atoms with Crippen molar-refractivity contribution in [3.05, 3.63) is 252 Å². The molecule has 0 amide bonds. The van der Waals surface area contributed by atoms with Crippen LogP contribution in [-0.2, 0) is 34.1 Å². The van der Waals surface area contributed by atoms with Crippen LogP contribution in [0.15, 0.2) is 213 Å². The Hall–Kier alpha value is -9.14. The predicted molar refractivity (Wildman–Crippen MR) is 391 cm³/mol. The normalized spacial score (nSPS) is 18.8. The van der Waals surface area contributed by atoms with Crippen molar-refractivity contribution >= 4 is 81.1 Å². The Balaban J connectivity index is 1.11. The van der Waals surface area contributed by atoms with E-state index in [9.17, 15) is 0 Å². The van der Waals surface area contributed by atoms with Gasteiger partial charge in [0.2, 0.25) is 5.95 Å². The minimum absolute atomic E-state index is 0.116.